The molecular formula is C9H9ClN4O3. The van der Waals surface area contributed by atoms with Crippen molar-refractivity contribution < 1.29 is 14.7 Å². The molecule has 0 fully saturated rings. The first-order valence-electron chi connectivity index (χ1n) is 4.80. The third-order valence-electron chi connectivity index (χ3n) is 2.32. The Bertz CT molecular complexity index is 505. The van der Waals surface area contributed by atoms with Gasteiger partial charge in [0.2, 0.25) is 11.2 Å². The SMILES string of the molecule is Cc1nc(Cl)nc2c1NC(=O)C(CC(=O)O)N2. The van der Waals surface area contributed by atoms with Crippen molar-refractivity contribution in [2.24, 2.45) is 0 Å². The standard InChI is InChI=1S/C9H9ClN4O3/c1-3-6-7(14-9(10)11-3)12-4(2-5(15)16)8(17)13-6/h4H,2H2,1H3,(H,13,17)(H,15,16)(H,11,12,14). The number of anilines is 2. The molecule has 2 heterocycles. The van der Waals surface area contributed by atoms with Crippen LogP contribution in [0.5, 0.6) is 0 Å². The lowest BCUT2D eigenvalue weighted by Gasteiger charge is -2.25. The van der Waals surface area contributed by atoms with Gasteiger partial charge in [-0.05, 0) is 18.5 Å². The Balaban J connectivity index is 2.34. The van der Waals surface area contributed by atoms with Crippen LogP contribution in [-0.2, 0) is 9.59 Å². The summed E-state index contributed by atoms with van der Waals surface area (Å²) in [6.45, 7) is 1.67. The molecule has 0 bridgehead atoms. The maximum atomic E-state index is 11.6. The van der Waals surface area contributed by atoms with Gasteiger partial charge in [-0.15, -0.1) is 0 Å². The van der Waals surface area contributed by atoms with Crippen molar-refractivity contribution in [3.8, 4) is 0 Å². The number of aryl methyl sites for hydroxylation is 1. The van der Waals surface area contributed by atoms with E-state index < -0.39 is 17.9 Å². The van der Waals surface area contributed by atoms with Crippen molar-refractivity contribution in [2.75, 3.05) is 10.6 Å². The largest absolute Gasteiger partial charge is 0.481 e. The molecule has 0 aromatic carbocycles. The lowest BCUT2D eigenvalue weighted by atomic mass is 10.1. The first-order chi connectivity index (χ1) is 7.97. The van der Waals surface area contributed by atoms with Gasteiger partial charge in [-0.25, -0.2) is 4.98 Å². The molecule has 1 aliphatic heterocycles. The average molecular weight is 257 g/mol. The molecule has 17 heavy (non-hydrogen) atoms. The Hall–Kier alpha value is -1.89. The molecule has 0 radical (unpaired) electrons. The molecule has 1 unspecified atom stereocenters. The number of carbonyl (C=O) groups excluding carboxylic acids is 1. The maximum absolute atomic E-state index is 11.6. The van der Waals surface area contributed by atoms with Gasteiger partial charge >= 0.3 is 5.97 Å². The fourth-order valence-corrected chi connectivity index (χ4v) is 1.76. The summed E-state index contributed by atoms with van der Waals surface area (Å²) in [7, 11) is 0. The highest BCUT2D eigenvalue weighted by atomic mass is 35.5. The molecule has 1 atom stereocenters. The van der Waals surface area contributed by atoms with Gasteiger partial charge in [-0.1, -0.05) is 0 Å². The van der Waals surface area contributed by atoms with Gasteiger partial charge in [-0.3, -0.25) is 9.59 Å². The van der Waals surface area contributed by atoms with Gasteiger partial charge in [-0.2, -0.15) is 4.98 Å². The van der Waals surface area contributed by atoms with E-state index in [9.17, 15) is 9.59 Å². The van der Waals surface area contributed by atoms with E-state index in [0.717, 1.165) is 0 Å². The number of halogens is 1. The minimum atomic E-state index is -1.07. The summed E-state index contributed by atoms with van der Waals surface area (Å²) in [5.74, 6) is -1.15. The molecule has 1 aliphatic rings. The third kappa shape index (κ3) is 2.28. The Morgan fingerprint density at radius 1 is 1.53 bits per heavy atom. The minimum absolute atomic E-state index is 0.0407. The molecule has 90 valence electrons. The number of hydrogen-bond acceptors (Lipinski definition) is 5. The quantitative estimate of drug-likeness (QED) is 0.671. The lowest BCUT2D eigenvalue weighted by Crippen LogP contribution is -2.41. The van der Waals surface area contributed by atoms with E-state index in [1.807, 2.05) is 0 Å². The number of nitrogens with one attached hydrogen (secondary N) is 2. The fraction of sp³-hybridized carbons (Fsp3) is 0.333. The second-order valence-corrected chi connectivity index (χ2v) is 3.92. The predicted molar refractivity (Wildman–Crippen MR) is 60.1 cm³/mol. The summed E-state index contributed by atoms with van der Waals surface area (Å²) in [4.78, 5) is 30.0. The van der Waals surface area contributed by atoms with Gasteiger partial charge in [0.25, 0.3) is 0 Å². The maximum Gasteiger partial charge on any atom is 0.305 e. The number of nitrogens with zero attached hydrogens (tertiary/aromatic N) is 2. The smallest absolute Gasteiger partial charge is 0.305 e. The van der Waals surface area contributed by atoms with Crippen LogP contribution in [0, 0.1) is 6.92 Å². The molecule has 0 spiro atoms. The molecule has 7 nitrogen and oxygen atoms in total. The van der Waals surface area contributed by atoms with Gasteiger partial charge in [0.15, 0.2) is 5.82 Å². The van der Waals surface area contributed by atoms with Gasteiger partial charge < -0.3 is 15.7 Å². The summed E-state index contributed by atoms with van der Waals surface area (Å²) < 4.78 is 0. The molecule has 0 saturated carbocycles. The molecule has 1 amide bonds. The zero-order valence-corrected chi connectivity index (χ0v) is 9.58. The highest BCUT2D eigenvalue weighted by Gasteiger charge is 2.29. The highest BCUT2D eigenvalue weighted by molar-refractivity contribution is 6.28. The van der Waals surface area contributed by atoms with Gasteiger partial charge in [0.1, 0.15) is 11.7 Å². The van der Waals surface area contributed by atoms with E-state index in [4.69, 9.17) is 16.7 Å². The van der Waals surface area contributed by atoms with Crippen molar-refractivity contribution in [1.82, 2.24) is 9.97 Å². The Morgan fingerprint density at radius 2 is 2.24 bits per heavy atom. The molecule has 3 N–H and O–H groups in total. The number of aromatic nitrogens is 2. The number of carboxylic acids is 1. The molecule has 1 aromatic heterocycles. The van der Waals surface area contributed by atoms with E-state index in [1.54, 1.807) is 6.92 Å². The molecule has 0 aliphatic carbocycles. The number of hydrogen-bond donors (Lipinski definition) is 3. The van der Waals surface area contributed by atoms with E-state index >= 15 is 0 Å². The lowest BCUT2D eigenvalue weighted by molar-refractivity contribution is -0.138. The van der Waals surface area contributed by atoms with Crippen LogP contribution in [0.2, 0.25) is 5.28 Å². The number of fused-ring (bicyclic) bond motifs is 1. The van der Waals surface area contributed by atoms with Crippen molar-refractivity contribution in [3.05, 3.63) is 11.0 Å². The average Bonchev–Trinajstić information content (AvgIpc) is 2.20. The zero-order valence-electron chi connectivity index (χ0n) is 8.82. The predicted octanol–water partition coefficient (Wildman–Crippen LogP) is 0.646. The molecule has 2 rings (SSSR count). The highest BCUT2D eigenvalue weighted by Crippen LogP contribution is 2.28. The second-order valence-electron chi connectivity index (χ2n) is 3.59. The minimum Gasteiger partial charge on any atom is -0.481 e. The number of aliphatic carboxylic acids is 1. The van der Waals surface area contributed by atoms with Crippen LogP contribution in [0.3, 0.4) is 0 Å². The first kappa shape index (κ1) is 11.6. The van der Waals surface area contributed by atoms with Crippen LogP contribution in [-0.4, -0.2) is 33.0 Å². The fourth-order valence-electron chi connectivity index (χ4n) is 1.55. The molecule has 8 heteroatoms. The van der Waals surface area contributed by atoms with Crippen molar-refractivity contribution in [2.45, 2.75) is 19.4 Å². The van der Waals surface area contributed by atoms with Crippen LogP contribution in [0.15, 0.2) is 0 Å². The van der Waals surface area contributed by atoms with E-state index in [0.29, 0.717) is 17.2 Å². The van der Waals surface area contributed by atoms with Crippen LogP contribution >= 0.6 is 11.6 Å². The topological polar surface area (TPSA) is 104 Å². The second kappa shape index (κ2) is 4.17. The van der Waals surface area contributed by atoms with Crippen LogP contribution in [0.4, 0.5) is 11.5 Å². The Labute approximate surface area is 101 Å². The number of rotatable bonds is 2. The van der Waals surface area contributed by atoms with Gasteiger partial charge in [0, 0.05) is 0 Å². The Kier molecular flexibility index (Phi) is 2.84. The van der Waals surface area contributed by atoms with Crippen LogP contribution in [0.25, 0.3) is 0 Å². The van der Waals surface area contributed by atoms with Crippen molar-refractivity contribution >= 4 is 35.0 Å². The monoisotopic (exact) mass is 256 g/mol. The summed E-state index contributed by atoms with van der Waals surface area (Å²) in [6.07, 6.45) is -0.327. The number of carboxylic acid groups (broad SMARTS) is 1. The van der Waals surface area contributed by atoms with Crippen LogP contribution in [0.1, 0.15) is 12.1 Å². The normalized spacial score (nSPS) is 18.0. The first-order valence-corrected chi connectivity index (χ1v) is 5.18. The Morgan fingerprint density at radius 3 is 2.88 bits per heavy atom. The number of carbonyl (C=O) groups is 2. The molecule has 0 saturated heterocycles. The molecular weight excluding hydrogens is 248 g/mol. The van der Waals surface area contributed by atoms with E-state index in [-0.39, 0.29) is 11.7 Å². The third-order valence-corrected chi connectivity index (χ3v) is 2.49. The van der Waals surface area contributed by atoms with Crippen LogP contribution < -0.4 is 10.6 Å². The zero-order chi connectivity index (χ0) is 12.6. The molecule has 1 aromatic rings. The summed E-state index contributed by atoms with van der Waals surface area (Å²) in [5.41, 5.74) is 0.954. The summed E-state index contributed by atoms with van der Waals surface area (Å²) >= 11 is 5.68. The van der Waals surface area contributed by atoms with E-state index in [2.05, 4.69) is 20.6 Å². The summed E-state index contributed by atoms with van der Waals surface area (Å²) in [6, 6.07) is -0.856. The summed E-state index contributed by atoms with van der Waals surface area (Å²) in [5, 5.41) is 14.0. The van der Waals surface area contributed by atoms with E-state index in [1.165, 1.54) is 0 Å². The van der Waals surface area contributed by atoms with Crippen molar-refractivity contribution in [1.29, 1.82) is 0 Å². The van der Waals surface area contributed by atoms with Gasteiger partial charge in [0.05, 0.1) is 12.1 Å². The van der Waals surface area contributed by atoms with Crippen molar-refractivity contribution in [3.63, 3.8) is 0 Å². The number of amides is 1.